The molecule has 0 spiro atoms. The van der Waals surface area contributed by atoms with Crippen LogP contribution >= 0.6 is 15.9 Å². The maximum Gasteiger partial charge on any atom is 0.340 e. The monoisotopic (exact) mass is 448 g/mol. The number of methoxy groups -OCH3 is 1. The van der Waals surface area contributed by atoms with E-state index >= 15 is 0 Å². The highest BCUT2D eigenvalue weighted by Gasteiger charge is 2.20. The molecule has 2 aromatic carbocycles. The molecule has 1 N–H and O–H groups in total. The summed E-state index contributed by atoms with van der Waals surface area (Å²) in [5.74, 6) is -0.183. The predicted octanol–water partition coefficient (Wildman–Crippen LogP) is 3.09. The number of hydrogen-bond acceptors (Lipinski definition) is 6. The predicted molar refractivity (Wildman–Crippen MR) is 109 cm³/mol. The molecule has 1 aliphatic heterocycles. The number of hydrogen-bond donors (Lipinski definition) is 1. The van der Waals surface area contributed by atoms with Crippen molar-refractivity contribution in [3.63, 3.8) is 0 Å². The number of nitrogens with zero attached hydrogens (tertiary/aromatic N) is 1. The van der Waals surface area contributed by atoms with Gasteiger partial charge in [-0.15, -0.1) is 0 Å². The minimum atomic E-state index is -0.455. The van der Waals surface area contributed by atoms with E-state index in [2.05, 4.69) is 26.1 Å². The molecular formula is C20H21BrN2O5. The van der Waals surface area contributed by atoms with Crippen molar-refractivity contribution in [2.24, 2.45) is 0 Å². The number of esters is 1. The third-order valence-corrected chi connectivity index (χ3v) is 4.75. The molecule has 1 saturated heterocycles. The maximum atomic E-state index is 12.2. The number of halogens is 1. The number of amides is 1. The maximum absolute atomic E-state index is 12.2. The quantitative estimate of drug-likeness (QED) is 0.684. The lowest BCUT2D eigenvalue weighted by Gasteiger charge is -2.30. The van der Waals surface area contributed by atoms with Crippen LogP contribution in [-0.2, 0) is 14.3 Å². The molecule has 0 aromatic heterocycles. The van der Waals surface area contributed by atoms with Crippen LogP contribution in [0, 0.1) is 0 Å². The summed E-state index contributed by atoms with van der Waals surface area (Å²) in [7, 11) is 1.34. The van der Waals surface area contributed by atoms with E-state index in [0.29, 0.717) is 43.3 Å². The fourth-order valence-electron chi connectivity index (χ4n) is 2.84. The molecule has 148 valence electrons. The number of morpholine rings is 1. The molecule has 0 atom stereocenters. The molecule has 2 aromatic rings. The Labute approximate surface area is 171 Å². The lowest BCUT2D eigenvalue weighted by Crippen LogP contribution is -2.37. The first-order valence-electron chi connectivity index (χ1n) is 8.80. The van der Waals surface area contributed by atoms with Crippen LogP contribution in [-0.4, -0.2) is 51.9 Å². The average Bonchev–Trinajstić information content (AvgIpc) is 2.73. The van der Waals surface area contributed by atoms with Gasteiger partial charge in [0.15, 0.2) is 6.61 Å². The minimum absolute atomic E-state index is 0.138. The third kappa shape index (κ3) is 5.24. The fourth-order valence-corrected chi connectivity index (χ4v) is 3.11. The zero-order valence-corrected chi connectivity index (χ0v) is 17.0. The molecule has 8 heteroatoms. The molecule has 0 saturated carbocycles. The second-order valence-electron chi connectivity index (χ2n) is 6.11. The number of ether oxygens (including phenoxy) is 3. The van der Waals surface area contributed by atoms with Crippen molar-refractivity contribution < 1.29 is 23.8 Å². The largest absolute Gasteiger partial charge is 0.484 e. The van der Waals surface area contributed by atoms with Gasteiger partial charge in [0.25, 0.3) is 5.91 Å². The van der Waals surface area contributed by atoms with Crippen molar-refractivity contribution in [1.29, 1.82) is 0 Å². The summed E-state index contributed by atoms with van der Waals surface area (Å²) in [6, 6.07) is 12.4. The molecule has 0 bridgehead atoms. The Kier molecular flexibility index (Phi) is 6.89. The zero-order chi connectivity index (χ0) is 19.9. The van der Waals surface area contributed by atoms with Crippen LogP contribution in [0.2, 0.25) is 0 Å². The summed E-state index contributed by atoms with van der Waals surface area (Å²) in [4.78, 5) is 26.5. The van der Waals surface area contributed by atoms with Crippen LogP contribution in [0.4, 0.5) is 11.4 Å². The van der Waals surface area contributed by atoms with Crippen molar-refractivity contribution >= 4 is 39.2 Å². The van der Waals surface area contributed by atoms with Crippen molar-refractivity contribution in [3.8, 4) is 5.75 Å². The van der Waals surface area contributed by atoms with E-state index in [-0.39, 0.29) is 12.5 Å². The topological polar surface area (TPSA) is 77.1 Å². The molecule has 0 radical (unpaired) electrons. The smallest absolute Gasteiger partial charge is 0.340 e. The van der Waals surface area contributed by atoms with E-state index < -0.39 is 5.97 Å². The highest BCUT2D eigenvalue weighted by atomic mass is 79.9. The molecule has 1 heterocycles. The summed E-state index contributed by atoms with van der Waals surface area (Å²) in [6.07, 6.45) is 0. The average molecular weight is 449 g/mol. The highest BCUT2D eigenvalue weighted by molar-refractivity contribution is 9.10. The molecule has 1 amide bonds. The Hall–Kier alpha value is -2.58. The Bertz CT molecular complexity index is 835. The van der Waals surface area contributed by atoms with Gasteiger partial charge in [-0.2, -0.15) is 0 Å². The molecule has 1 aliphatic rings. The number of benzene rings is 2. The van der Waals surface area contributed by atoms with Gasteiger partial charge in [0.05, 0.1) is 31.6 Å². The van der Waals surface area contributed by atoms with Gasteiger partial charge < -0.3 is 24.4 Å². The van der Waals surface area contributed by atoms with Gasteiger partial charge in [-0.1, -0.05) is 15.9 Å². The van der Waals surface area contributed by atoms with Gasteiger partial charge in [0, 0.05) is 23.2 Å². The first-order chi connectivity index (χ1) is 13.6. The van der Waals surface area contributed by atoms with E-state index in [1.54, 1.807) is 24.3 Å². The third-order valence-electron chi connectivity index (χ3n) is 4.22. The first kappa shape index (κ1) is 20.2. The SMILES string of the molecule is COC(=O)c1cc(NC(=O)COc2ccc(Br)cc2)ccc1N1CCOCC1. The van der Waals surface area contributed by atoms with Gasteiger partial charge in [-0.25, -0.2) is 4.79 Å². The Balaban J connectivity index is 1.68. The molecular weight excluding hydrogens is 428 g/mol. The molecule has 1 fully saturated rings. The molecule has 0 aliphatic carbocycles. The second-order valence-corrected chi connectivity index (χ2v) is 7.03. The minimum Gasteiger partial charge on any atom is -0.484 e. The van der Waals surface area contributed by atoms with Gasteiger partial charge in [0.2, 0.25) is 0 Å². The second kappa shape index (κ2) is 9.57. The highest BCUT2D eigenvalue weighted by Crippen LogP contribution is 2.26. The van der Waals surface area contributed by atoms with Crippen LogP contribution in [0.5, 0.6) is 5.75 Å². The van der Waals surface area contributed by atoms with Gasteiger partial charge in [0.1, 0.15) is 5.75 Å². The number of carbonyl (C=O) groups excluding carboxylic acids is 2. The van der Waals surface area contributed by atoms with E-state index in [9.17, 15) is 9.59 Å². The van der Waals surface area contributed by atoms with Crippen LogP contribution < -0.4 is 15.0 Å². The van der Waals surface area contributed by atoms with E-state index in [1.807, 2.05) is 18.2 Å². The summed E-state index contributed by atoms with van der Waals surface area (Å²) in [6.45, 7) is 2.45. The van der Waals surface area contributed by atoms with Crippen LogP contribution in [0.25, 0.3) is 0 Å². The molecule has 0 unspecified atom stereocenters. The van der Waals surface area contributed by atoms with Crippen molar-refractivity contribution in [3.05, 3.63) is 52.5 Å². The fraction of sp³-hybridized carbons (Fsp3) is 0.300. The van der Waals surface area contributed by atoms with Crippen molar-refractivity contribution in [1.82, 2.24) is 0 Å². The van der Waals surface area contributed by atoms with Crippen LogP contribution in [0.3, 0.4) is 0 Å². The summed E-state index contributed by atoms with van der Waals surface area (Å²) in [5.41, 5.74) is 1.66. The van der Waals surface area contributed by atoms with E-state index in [4.69, 9.17) is 14.2 Å². The van der Waals surface area contributed by atoms with E-state index in [1.165, 1.54) is 7.11 Å². The Morgan fingerprint density at radius 2 is 1.86 bits per heavy atom. The number of anilines is 2. The lowest BCUT2D eigenvalue weighted by molar-refractivity contribution is -0.118. The van der Waals surface area contributed by atoms with Gasteiger partial charge >= 0.3 is 5.97 Å². The Morgan fingerprint density at radius 3 is 2.54 bits per heavy atom. The Morgan fingerprint density at radius 1 is 1.14 bits per heavy atom. The molecule has 3 rings (SSSR count). The summed E-state index contributed by atoms with van der Waals surface area (Å²) in [5, 5.41) is 2.75. The van der Waals surface area contributed by atoms with Crippen LogP contribution in [0.15, 0.2) is 46.9 Å². The molecule has 28 heavy (non-hydrogen) atoms. The number of carbonyl (C=O) groups is 2. The lowest BCUT2D eigenvalue weighted by atomic mass is 10.1. The summed E-state index contributed by atoms with van der Waals surface area (Å²) >= 11 is 3.35. The first-order valence-corrected chi connectivity index (χ1v) is 9.59. The zero-order valence-electron chi connectivity index (χ0n) is 15.4. The van der Waals surface area contributed by atoms with Crippen molar-refractivity contribution in [2.75, 3.05) is 50.2 Å². The van der Waals surface area contributed by atoms with Gasteiger partial charge in [-0.3, -0.25) is 4.79 Å². The number of nitrogens with one attached hydrogen (secondary N) is 1. The normalized spacial score (nSPS) is 13.7. The summed E-state index contributed by atoms with van der Waals surface area (Å²) < 4.78 is 16.7. The standard InChI is InChI=1S/C20H21BrN2O5/c1-26-20(25)17-12-15(4-7-18(17)23-8-10-27-11-9-23)22-19(24)13-28-16-5-2-14(21)3-6-16/h2-7,12H,8-11,13H2,1H3,(H,22,24). The van der Waals surface area contributed by atoms with E-state index in [0.717, 1.165) is 10.2 Å². The van der Waals surface area contributed by atoms with Gasteiger partial charge in [-0.05, 0) is 42.5 Å². The van der Waals surface area contributed by atoms with Crippen molar-refractivity contribution in [2.45, 2.75) is 0 Å². The van der Waals surface area contributed by atoms with Crippen LogP contribution in [0.1, 0.15) is 10.4 Å². The number of rotatable bonds is 6. The molecule has 7 nitrogen and oxygen atoms in total.